The van der Waals surface area contributed by atoms with Crippen molar-refractivity contribution in [2.45, 2.75) is 53.0 Å². The van der Waals surface area contributed by atoms with Gasteiger partial charge in [-0.3, -0.25) is 9.59 Å². The van der Waals surface area contributed by atoms with Gasteiger partial charge < -0.3 is 19.5 Å². The zero-order valence-corrected chi connectivity index (χ0v) is 19.9. The van der Waals surface area contributed by atoms with E-state index in [-0.39, 0.29) is 23.8 Å². The average Bonchev–Trinajstić information content (AvgIpc) is 3.12. The van der Waals surface area contributed by atoms with E-state index >= 15 is 0 Å². The maximum atomic E-state index is 13.3. The van der Waals surface area contributed by atoms with Crippen LogP contribution in [-0.4, -0.2) is 54.1 Å². The fourth-order valence-corrected chi connectivity index (χ4v) is 4.66. The van der Waals surface area contributed by atoms with Crippen LogP contribution in [0, 0.1) is 19.8 Å². The molecule has 32 heavy (non-hydrogen) atoms. The van der Waals surface area contributed by atoms with Gasteiger partial charge in [-0.1, -0.05) is 30.3 Å². The first-order valence-electron chi connectivity index (χ1n) is 11.8. The van der Waals surface area contributed by atoms with Crippen LogP contribution in [0.2, 0.25) is 0 Å². The van der Waals surface area contributed by atoms with Crippen LogP contribution < -0.4 is 5.32 Å². The standard InChI is InChI=1S/C26H37N3O3/c1-5-32-17-9-14-27-25(30)23-12-15-28(16-13-23)26(31)24-18-19(2)29(21(24)4)20(3)22-10-7-6-8-11-22/h6-8,10-11,18,20,23H,5,9,12-17H2,1-4H3,(H,27,30). The second-order valence-corrected chi connectivity index (χ2v) is 8.65. The van der Waals surface area contributed by atoms with Gasteiger partial charge in [-0.25, -0.2) is 0 Å². The molecular formula is C26H37N3O3. The highest BCUT2D eigenvalue weighted by Gasteiger charge is 2.29. The highest BCUT2D eigenvalue weighted by Crippen LogP contribution is 2.27. The molecule has 0 saturated carbocycles. The van der Waals surface area contributed by atoms with Gasteiger partial charge in [-0.05, 0) is 58.6 Å². The topological polar surface area (TPSA) is 63.6 Å². The van der Waals surface area contributed by atoms with Crippen molar-refractivity contribution < 1.29 is 14.3 Å². The molecule has 2 amide bonds. The number of rotatable bonds is 9. The molecule has 0 spiro atoms. The molecule has 1 N–H and O–H groups in total. The van der Waals surface area contributed by atoms with Gasteiger partial charge in [-0.2, -0.15) is 0 Å². The van der Waals surface area contributed by atoms with E-state index in [1.165, 1.54) is 5.56 Å². The Hall–Kier alpha value is -2.60. The molecule has 0 bridgehead atoms. The summed E-state index contributed by atoms with van der Waals surface area (Å²) in [5, 5.41) is 3.01. The number of aromatic nitrogens is 1. The SMILES string of the molecule is CCOCCCNC(=O)C1CCN(C(=O)c2cc(C)n(C(C)c3ccccc3)c2C)CC1. The number of nitrogens with zero attached hydrogens (tertiary/aromatic N) is 2. The molecule has 2 heterocycles. The smallest absolute Gasteiger partial charge is 0.255 e. The van der Waals surface area contributed by atoms with Crippen LogP contribution >= 0.6 is 0 Å². The second kappa shape index (κ2) is 11.3. The maximum Gasteiger partial charge on any atom is 0.255 e. The molecule has 3 rings (SSSR count). The molecule has 1 aromatic carbocycles. The van der Waals surface area contributed by atoms with Crippen LogP contribution in [0.25, 0.3) is 0 Å². The molecule has 2 aromatic rings. The van der Waals surface area contributed by atoms with Crippen molar-refractivity contribution in [3.8, 4) is 0 Å². The number of piperidine rings is 1. The van der Waals surface area contributed by atoms with Crippen molar-refractivity contribution in [3.05, 3.63) is 58.9 Å². The Balaban J connectivity index is 1.58. The van der Waals surface area contributed by atoms with Crippen molar-refractivity contribution in [2.75, 3.05) is 32.8 Å². The summed E-state index contributed by atoms with van der Waals surface area (Å²) in [5.41, 5.74) is 4.08. The Bertz CT molecular complexity index is 899. The summed E-state index contributed by atoms with van der Waals surface area (Å²) in [7, 11) is 0. The van der Waals surface area contributed by atoms with Gasteiger partial charge in [0, 0.05) is 50.2 Å². The minimum absolute atomic E-state index is 0.0170. The summed E-state index contributed by atoms with van der Waals surface area (Å²) in [6.07, 6.45) is 2.25. The zero-order chi connectivity index (χ0) is 23.1. The maximum absolute atomic E-state index is 13.3. The molecule has 1 fully saturated rings. The monoisotopic (exact) mass is 439 g/mol. The number of amides is 2. The zero-order valence-electron chi connectivity index (χ0n) is 19.9. The van der Waals surface area contributed by atoms with E-state index in [2.05, 4.69) is 35.9 Å². The molecule has 0 aliphatic carbocycles. The lowest BCUT2D eigenvalue weighted by molar-refractivity contribution is -0.126. The number of benzene rings is 1. The van der Waals surface area contributed by atoms with Gasteiger partial charge in [0.1, 0.15) is 0 Å². The van der Waals surface area contributed by atoms with E-state index in [1.54, 1.807) is 0 Å². The molecule has 0 radical (unpaired) electrons. The average molecular weight is 440 g/mol. The highest BCUT2D eigenvalue weighted by molar-refractivity contribution is 5.96. The largest absolute Gasteiger partial charge is 0.382 e. The van der Waals surface area contributed by atoms with Gasteiger partial charge in [0.25, 0.3) is 5.91 Å². The number of nitrogens with one attached hydrogen (secondary N) is 1. The van der Waals surface area contributed by atoms with Crippen LogP contribution in [0.3, 0.4) is 0 Å². The Labute approximate surface area is 191 Å². The molecule has 174 valence electrons. The third kappa shape index (κ3) is 5.60. The first kappa shape index (κ1) is 24.1. The van der Waals surface area contributed by atoms with Gasteiger partial charge in [0.2, 0.25) is 5.91 Å². The normalized spacial score (nSPS) is 15.6. The minimum Gasteiger partial charge on any atom is -0.382 e. The number of aryl methyl sites for hydroxylation is 1. The van der Waals surface area contributed by atoms with E-state index < -0.39 is 0 Å². The summed E-state index contributed by atoms with van der Waals surface area (Å²) in [6, 6.07) is 12.5. The molecular weight excluding hydrogens is 402 g/mol. The quantitative estimate of drug-likeness (QED) is 0.598. The number of hydrogen-bond acceptors (Lipinski definition) is 3. The van der Waals surface area contributed by atoms with Crippen molar-refractivity contribution in [1.29, 1.82) is 0 Å². The molecule has 1 saturated heterocycles. The number of carbonyl (C=O) groups is 2. The molecule has 1 unspecified atom stereocenters. The highest BCUT2D eigenvalue weighted by atomic mass is 16.5. The number of carbonyl (C=O) groups excluding carboxylic acids is 2. The Morgan fingerprint density at radius 1 is 1.16 bits per heavy atom. The second-order valence-electron chi connectivity index (χ2n) is 8.65. The fraction of sp³-hybridized carbons (Fsp3) is 0.538. The molecule has 1 aliphatic heterocycles. The summed E-state index contributed by atoms with van der Waals surface area (Å²) in [4.78, 5) is 27.6. The van der Waals surface area contributed by atoms with Crippen molar-refractivity contribution >= 4 is 11.8 Å². The van der Waals surface area contributed by atoms with Crippen LogP contribution in [0.4, 0.5) is 0 Å². The van der Waals surface area contributed by atoms with Crippen LogP contribution in [0.15, 0.2) is 36.4 Å². The van der Waals surface area contributed by atoms with Gasteiger partial charge in [-0.15, -0.1) is 0 Å². The summed E-state index contributed by atoms with van der Waals surface area (Å²) >= 11 is 0. The van der Waals surface area contributed by atoms with E-state index in [0.29, 0.717) is 45.7 Å². The molecule has 1 atom stereocenters. The minimum atomic E-state index is -0.0170. The van der Waals surface area contributed by atoms with E-state index in [9.17, 15) is 9.59 Å². The third-order valence-corrected chi connectivity index (χ3v) is 6.51. The van der Waals surface area contributed by atoms with Gasteiger partial charge in [0.15, 0.2) is 0 Å². The van der Waals surface area contributed by atoms with E-state index in [1.807, 2.05) is 43.0 Å². The lowest BCUT2D eigenvalue weighted by atomic mass is 9.95. The summed E-state index contributed by atoms with van der Waals surface area (Å²) in [6.45, 7) is 11.5. The van der Waals surface area contributed by atoms with Crippen molar-refractivity contribution in [1.82, 2.24) is 14.8 Å². The Morgan fingerprint density at radius 2 is 1.84 bits per heavy atom. The molecule has 1 aliphatic rings. The predicted octanol–water partition coefficient (Wildman–Crippen LogP) is 4.11. The first-order chi connectivity index (χ1) is 15.4. The number of likely N-dealkylation sites (tertiary alicyclic amines) is 1. The van der Waals surface area contributed by atoms with Crippen LogP contribution in [0.5, 0.6) is 0 Å². The number of ether oxygens (including phenoxy) is 1. The van der Waals surface area contributed by atoms with Gasteiger partial charge in [0.05, 0.1) is 11.6 Å². The Kier molecular flexibility index (Phi) is 8.51. The van der Waals surface area contributed by atoms with Crippen molar-refractivity contribution in [3.63, 3.8) is 0 Å². The lowest BCUT2D eigenvalue weighted by Gasteiger charge is -2.31. The summed E-state index contributed by atoms with van der Waals surface area (Å²) < 4.78 is 7.55. The lowest BCUT2D eigenvalue weighted by Crippen LogP contribution is -2.43. The van der Waals surface area contributed by atoms with E-state index in [0.717, 1.165) is 23.4 Å². The first-order valence-corrected chi connectivity index (χ1v) is 11.8. The summed E-state index contributed by atoms with van der Waals surface area (Å²) in [5.74, 6) is 0.153. The van der Waals surface area contributed by atoms with Crippen LogP contribution in [0.1, 0.15) is 66.5 Å². The number of hydrogen-bond donors (Lipinski definition) is 1. The molecule has 6 nitrogen and oxygen atoms in total. The van der Waals surface area contributed by atoms with Crippen molar-refractivity contribution in [2.24, 2.45) is 5.92 Å². The predicted molar refractivity (Wildman–Crippen MR) is 127 cm³/mol. The molecule has 6 heteroatoms. The fourth-order valence-electron chi connectivity index (χ4n) is 4.66. The van der Waals surface area contributed by atoms with Gasteiger partial charge >= 0.3 is 0 Å². The Morgan fingerprint density at radius 3 is 2.50 bits per heavy atom. The molecule has 1 aromatic heterocycles. The van der Waals surface area contributed by atoms with Crippen LogP contribution in [-0.2, 0) is 9.53 Å². The third-order valence-electron chi connectivity index (χ3n) is 6.51. The van der Waals surface area contributed by atoms with E-state index in [4.69, 9.17) is 4.74 Å².